The van der Waals surface area contributed by atoms with Crippen LogP contribution >= 0.6 is 11.8 Å². The van der Waals surface area contributed by atoms with Crippen molar-refractivity contribution in [3.63, 3.8) is 0 Å². The molecule has 6 heteroatoms. The van der Waals surface area contributed by atoms with E-state index in [1.165, 1.54) is 11.8 Å². The van der Waals surface area contributed by atoms with Crippen LogP contribution in [0.2, 0.25) is 0 Å². The van der Waals surface area contributed by atoms with Gasteiger partial charge in [-0.15, -0.1) is 0 Å². The molecular weight excluding hydrogens is 372 g/mol. The summed E-state index contributed by atoms with van der Waals surface area (Å²) in [7, 11) is 0. The summed E-state index contributed by atoms with van der Waals surface area (Å²) in [6, 6.07) is 15.2. The maximum Gasteiger partial charge on any atom is 0.262 e. The highest BCUT2D eigenvalue weighted by Crippen LogP contribution is 2.23. The SMILES string of the molecule is CC[C@H](C)n1c(SC[C@@H](O)COc2cccc(C)c2)nc2ccccc2c1=O. The van der Waals surface area contributed by atoms with Gasteiger partial charge in [0.05, 0.1) is 17.0 Å². The van der Waals surface area contributed by atoms with Crippen molar-refractivity contribution in [3.05, 3.63) is 64.4 Å². The molecule has 28 heavy (non-hydrogen) atoms. The van der Waals surface area contributed by atoms with Crippen LogP contribution < -0.4 is 10.3 Å². The number of aliphatic hydroxyl groups is 1. The molecular formula is C22H26N2O3S. The molecule has 0 unspecified atom stereocenters. The number of rotatable bonds is 8. The number of benzene rings is 2. The second kappa shape index (κ2) is 9.26. The zero-order valence-corrected chi connectivity index (χ0v) is 17.3. The fourth-order valence-electron chi connectivity index (χ4n) is 2.92. The molecule has 2 aromatic carbocycles. The van der Waals surface area contributed by atoms with Crippen LogP contribution in [-0.2, 0) is 0 Å². The Bertz CT molecular complexity index is 1000. The van der Waals surface area contributed by atoms with Crippen molar-refractivity contribution >= 4 is 22.7 Å². The summed E-state index contributed by atoms with van der Waals surface area (Å²) in [5, 5.41) is 11.6. The molecule has 0 saturated carbocycles. The number of hydrogen-bond donors (Lipinski definition) is 1. The summed E-state index contributed by atoms with van der Waals surface area (Å²) in [6.45, 7) is 6.25. The van der Waals surface area contributed by atoms with Gasteiger partial charge in [-0.2, -0.15) is 0 Å². The molecule has 0 bridgehead atoms. The van der Waals surface area contributed by atoms with E-state index in [1.807, 2.05) is 69.3 Å². The van der Waals surface area contributed by atoms with Crippen molar-refractivity contribution < 1.29 is 9.84 Å². The van der Waals surface area contributed by atoms with Gasteiger partial charge in [-0.25, -0.2) is 4.98 Å². The fraction of sp³-hybridized carbons (Fsp3) is 0.364. The first-order valence-corrected chi connectivity index (χ1v) is 10.5. The Kier molecular flexibility index (Phi) is 6.75. The predicted molar refractivity (Wildman–Crippen MR) is 114 cm³/mol. The molecule has 1 heterocycles. The van der Waals surface area contributed by atoms with E-state index in [9.17, 15) is 9.90 Å². The minimum absolute atomic E-state index is 0.0343. The molecule has 3 rings (SSSR count). The van der Waals surface area contributed by atoms with E-state index in [4.69, 9.17) is 4.74 Å². The highest BCUT2D eigenvalue weighted by Gasteiger charge is 2.17. The van der Waals surface area contributed by atoms with Crippen molar-refractivity contribution in [1.82, 2.24) is 9.55 Å². The zero-order valence-electron chi connectivity index (χ0n) is 16.5. The first-order valence-electron chi connectivity index (χ1n) is 9.51. The second-order valence-electron chi connectivity index (χ2n) is 6.94. The second-order valence-corrected chi connectivity index (χ2v) is 7.92. The van der Waals surface area contributed by atoms with Gasteiger partial charge >= 0.3 is 0 Å². The molecule has 0 fully saturated rings. The van der Waals surface area contributed by atoms with E-state index in [-0.39, 0.29) is 18.2 Å². The standard InChI is InChI=1S/C22H26N2O3S/c1-4-16(3)24-21(26)19-10-5-6-11-20(19)23-22(24)28-14-17(25)13-27-18-9-7-8-15(2)12-18/h5-12,16-17,25H,4,13-14H2,1-3H3/t16-,17-/m0/s1. The Morgan fingerprint density at radius 2 is 2.00 bits per heavy atom. The molecule has 0 saturated heterocycles. The summed E-state index contributed by atoms with van der Waals surface area (Å²) < 4.78 is 7.41. The van der Waals surface area contributed by atoms with Crippen LogP contribution in [-0.4, -0.2) is 33.1 Å². The monoisotopic (exact) mass is 398 g/mol. The van der Waals surface area contributed by atoms with Gasteiger partial charge in [0.25, 0.3) is 5.56 Å². The van der Waals surface area contributed by atoms with E-state index in [0.29, 0.717) is 21.8 Å². The zero-order chi connectivity index (χ0) is 20.1. The van der Waals surface area contributed by atoms with E-state index in [1.54, 1.807) is 4.57 Å². The Labute approximate surface area is 169 Å². The Hall–Kier alpha value is -2.31. The smallest absolute Gasteiger partial charge is 0.262 e. The van der Waals surface area contributed by atoms with Crippen LogP contribution in [0.25, 0.3) is 10.9 Å². The first kappa shape index (κ1) is 20.4. The number of nitrogens with zero attached hydrogens (tertiary/aromatic N) is 2. The first-order chi connectivity index (χ1) is 13.5. The third-order valence-corrected chi connectivity index (χ3v) is 5.74. The number of ether oxygens (including phenoxy) is 1. The summed E-state index contributed by atoms with van der Waals surface area (Å²) in [6.07, 6.45) is 0.159. The molecule has 3 aromatic rings. The topological polar surface area (TPSA) is 64.3 Å². The number of aromatic nitrogens is 2. The molecule has 0 spiro atoms. The molecule has 1 N–H and O–H groups in total. The van der Waals surface area contributed by atoms with Crippen LogP contribution in [0.1, 0.15) is 31.9 Å². The molecule has 0 radical (unpaired) electrons. The molecule has 0 aliphatic carbocycles. The number of aryl methyl sites for hydroxylation is 1. The Morgan fingerprint density at radius 3 is 2.75 bits per heavy atom. The number of hydrogen-bond acceptors (Lipinski definition) is 5. The van der Waals surface area contributed by atoms with Gasteiger partial charge in [0.2, 0.25) is 0 Å². The summed E-state index contributed by atoms with van der Waals surface area (Å²) in [4.78, 5) is 17.6. The predicted octanol–water partition coefficient (Wildman–Crippen LogP) is 4.21. The molecule has 0 aliphatic rings. The quantitative estimate of drug-likeness (QED) is 0.455. The lowest BCUT2D eigenvalue weighted by molar-refractivity contribution is 0.126. The average Bonchev–Trinajstić information content (AvgIpc) is 2.70. The van der Waals surface area contributed by atoms with Crippen molar-refractivity contribution in [2.24, 2.45) is 0 Å². The molecule has 2 atom stereocenters. The van der Waals surface area contributed by atoms with Gasteiger partial charge in [-0.05, 0) is 50.1 Å². The Morgan fingerprint density at radius 1 is 1.21 bits per heavy atom. The van der Waals surface area contributed by atoms with E-state index in [0.717, 1.165) is 17.7 Å². The third-order valence-electron chi connectivity index (χ3n) is 4.64. The normalized spacial score (nSPS) is 13.4. The van der Waals surface area contributed by atoms with Crippen LogP contribution in [0.15, 0.2) is 58.5 Å². The summed E-state index contributed by atoms with van der Waals surface area (Å²) >= 11 is 1.39. The largest absolute Gasteiger partial charge is 0.491 e. The molecule has 5 nitrogen and oxygen atoms in total. The lowest BCUT2D eigenvalue weighted by Gasteiger charge is -2.19. The highest BCUT2D eigenvalue weighted by molar-refractivity contribution is 7.99. The molecule has 0 amide bonds. The van der Waals surface area contributed by atoms with E-state index >= 15 is 0 Å². The number of fused-ring (bicyclic) bond motifs is 1. The van der Waals surface area contributed by atoms with Crippen molar-refractivity contribution in [1.29, 1.82) is 0 Å². The number of thioether (sulfide) groups is 1. The third kappa shape index (κ3) is 4.75. The summed E-state index contributed by atoms with van der Waals surface area (Å²) in [5.41, 5.74) is 1.76. The maximum atomic E-state index is 13.0. The minimum Gasteiger partial charge on any atom is -0.491 e. The van der Waals surface area contributed by atoms with Gasteiger partial charge < -0.3 is 9.84 Å². The molecule has 1 aromatic heterocycles. The van der Waals surface area contributed by atoms with E-state index < -0.39 is 6.10 Å². The molecule has 0 aliphatic heterocycles. The van der Waals surface area contributed by atoms with Gasteiger partial charge in [0.1, 0.15) is 12.4 Å². The van der Waals surface area contributed by atoms with Crippen molar-refractivity contribution in [2.45, 2.75) is 44.5 Å². The number of aliphatic hydroxyl groups excluding tert-OH is 1. The van der Waals surface area contributed by atoms with Gasteiger partial charge in [0.15, 0.2) is 5.16 Å². The lowest BCUT2D eigenvalue weighted by atomic mass is 10.2. The fourth-order valence-corrected chi connectivity index (χ4v) is 3.92. The van der Waals surface area contributed by atoms with Crippen molar-refractivity contribution in [2.75, 3.05) is 12.4 Å². The van der Waals surface area contributed by atoms with Crippen LogP contribution in [0, 0.1) is 6.92 Å². The van der Waals surface area contributed by atoms with Crippen molar-refractivity contribution in [3.8, 4) is 5.75 Å². The van der Waals surface area contributed by atoms with Gasteiger partial charge in [0, 0.05) is 11.8 Å². The average molecular weight is 399 g/mol. The number of para-hydroxylation sites is 1. The maximum absolute atomic E-state index is 13.0. The Balaban J connectivity index is 1.74. The summed E-state index contributed by atoms with van der Waals surface area (Å²) in [5.74, 6) is 1.14. The van der Waals surface area contributed by atoms with Crippen LogP contribution in [0.4, 0.5) is 0 Å². The molecule has 148 valence electrons. The minimum atomic E-state index is -0.667. The van der Waals surface area contributed by atoms with Crippen LogP contribution in [0.5, 0.6) is 5.75 Å². The van der Waals surface area contributed by atoms with Crippen LogP contribution in [0.3, 0.4) is 0 Å². The highest BCUT2D eigenvalue weighted by atomic mass is 32.2. The van der Waals surface area contributed by atoms with Gasteiger partial charge in [-0.3, -0.25) is 9.36 Å². The lowest BCUT2D eigenvalue weighted by Crippen LogP contribution is -2.27. The van der Waals surface area contributed by atoms with E-state index in [2.05, 4.69) is 4.98 Å². The van der Waals surface area contributed by atoms with Gasteiger partial charge in [-0.1, -0.05) is 43.0 Å².